The molecular weight excluding hydrogens is 413 g/mol. The van der Waals surface area contributed by atoms with Gasteiger partial charge in [0.05, 0.1) is 7.05 Å². The quantitative estimate of drug-likeness (QED) is 0.535. The number of rotatable bonds is 3. The Kier molecular flexibility index (Phi) is 5.75. The highest BCUT2D eigenvalue weighted by molar-refractivity contribution is 7.09. The zero-order valence-corrected chi connectivity index (χ0v) is 22.6. The summed E-state index contributed by atoms with van der Waals surface area (Å²) in [5, 5.41) is 0. The van der Waals surface area contributed by atoms with Crippen LogP contribution in [0.25, 0.3) is 0 Å². The van der Waals surface area contributed by atoms with Crippen LogP contribution in [0.4, 0.5) is 0 Å². The molecule has 4 rings (SSSR count). The average molecular weight is 451 g/mol. The van der Waals surface area contributed by atoms with Crippen molar-refractivity contribution < 1.29 is 9.28 Å². The fourth-order valence-electron chi connectivity index (χ4n) is 6.85. The van der Waals surface area contributed by atoms with E-state index in [0.29, 0.717) is 0 Å². The lowest BCUT2D eigenvalue weighted by Crippen LogP contribution is -2.74. The summed E-state index contributed by atoms with van der Waals surface area (Å²) in [4.78, 5) is 14.0. The van der Waals surface area contributed by atoms with Crippen LogP contribution in [0.3, 0.4) is 0 Å². The first-order valence-electron chi connectivity index (χ1n) is 12.4. The van der Waals surface area contributed by atoms with E-state index in [1.54, 1.807) is 0 Å². The molecule has 34 heavy (non-hydrogen) atoms. The molecule has 2 nitrogen and oxygen atoms in total. The molecule has 1 aliphatic heterocycles. The van der Waals surface area contributed by atoms with Gasteiger partial charge in [-0.05, 0) is 41.5 Å². The van der Waals surface area contributed by atoms with E-state index in [4.69, 9.17) is 0 Å². The van der Waals surface area contributed by atoms with E-state index in [-0.39, 0.29) is 5.78 Å². The SMILES string of the molecule is Cc1cc(C)c([B-]2(c3c(C)cc(C)cc3C)c3ccccc3C(C(=O)C(C)(C)C)=[N+]2C)c(C)c1. The van der Waals surface area contributed by atoms with Crippen LogP contribution in [0.2, 0.25) is 0 Å². The van der Waals surface area contributed by atoms with Gasteiger partial charge in [0.1, 0.15) is 0 Å². The Hall–Kier alpha value is -2.94. The Bertz CT molecular complexity index is 1270. The summed E-state index contributed by atoms with van der Waals surface area (Å²) >= 11 is 0. The molecule has 0 aromatic heterocycles. The minimum absolute atomic E-state index is 0.191. The van der Waals surface area contributed by atoms with E-state index in [0.717, 1.165) is 11.3 Å². The van der Waals surface area contributed by atoms with Crippen molar-refractivity contribution >= 4 is 34.2 Å². The molecule has 0 spiro atoms. The predicted molar refractivity (Wildman–Crippen MR) is 147 cm³/mol. The lowest BCUT2D eigenvalue weighted by molar-refractivity contribution is -0.350. The summed E-state index contributed by atoms with van der Waals surface area (Å²) in [6.07, 6.45) is -1.57. The molecule has 1 aliphatic rings. The second-order valence-corrected chi connectivity index (χ2v) is 11.6. The largest absolute Gasteiger partial charge is 0.438 e. The minimum Gasteiger partial charge on any atom is -0.438 e. The monoisotopic (exact) mass is 451 g/mol. The van der Waals surface area contributed by atoms with Crippen molar-refractivity contribution in [2.24, 2.45) is 5.41 Å². The van der Waals surface area contributed by atoms with Gasteiger partial charge in [0.2, 0.25) is 5.78 Å². The van der Waals surface area contributed by atoms with Gasteiger partial charge >= 0.3 is 6.28 Å². The smallest absolute Gasteiger partial charge is 0.357 e. The molecule has 0 N–H and O–H groups in total. The number of carbonyl (C=O) groups excluding carboxylic acids is 1. The highest BCUT2D eigenvalue weighted by atomic mass is 16.1. The maximum absolute atomic E-state index is 14.0. The maximum Gasteiger partial charge on any atom is 0.357 e. The van der Waals surface area contributed by atoms with Crippen molar-refractivity contribution in [3.05, 3.63) is 87.5 Å². The average Bonchev–Trinajstić information content (AvgIpc) is 2.94. The summed E-state index contributed by atoms with van der Waals surface area (Å²) in [5.41, 5.74) is 13.0. The van der Waals surface area contributed by atoms with Crippen LogP contribution in [0.5, 0.6) is 0 Å². The molecule has 0 atom stereocenters. The molecule has 1 heterocycles. The van der Waals surface area contributed by atoms with Crippen LogP contribution in [-0.2, 0) is 4.79 Å². The van der Waals surface area contributed by atoms with Crippen LogP contribution < -0.4 is 16.4 Å². The second kappa shape index (κ2) is 8.08. The summed E-state index contributed by atoms with van der Waals surface area (Å²) < 4.78 is 2.35. The standard InChI is InChI=1S/C31H38BNO/c1-19-15-21(3)27(22(4)16-19)32(28-23(5)17-20(2)18-24(28)6)26-14-12-11-13-25(26)29(33(32)10)30(34)31(7,8)9/h11-18H,1-10H3. The predicted octanol–water partition coefficient (Wildman–Crippen LogP) is 4.56. The van der Waals surface area contributed by atoms with Crippen molar-refractivity contribution in [2.45, 2.75) is 62.3 Å². The van der Waals surface area contributed by atoms with E-state index >= 15 is 0 Å². The first kappa shape index (κ1) is 24.2. The number of hydrogen-bond donors (Lipinski definition) is 0. The molecule has 0 saturated carbocycles. The molecule has 0 amide bonds. The van der Waals surface area contributed by atoms with Crippen molar-refractivity contribution in [2.75, 3.05) is 7.05 Å². The van der Waals surface area contributed by atoms with E-state index in [9.17, 15) is 4.79 Å². The van der Waals surface area contributed by atoms with Crippen LogP contribution in [0, 0.1) is 47.0 Å². The first-order chi connectivity index (χ1) is 15.8. The van der Waals surface area contributed by atoms with Gasteiger partial charge in [0, 0.05) is 11.0 Å². The zero-order valence-electron chi connectivity index (χ0n) is 22.6. The van der Waals surface area contributed by atoms with Gasteiger partial charge in [-0.2, -0.15) is 0 Å². The summed E-state index contributed by atoms with van der Waals surface area (Å²) in [6.45, 7) is 19.3. The summed E-state index contributed by atoms with van der Waals surface area (Å²) in [5.74, 6) is 0.191. The van der Waals surface area contributed by atoms with Gasteiger partial charge < -0.3 is 4.49 Å². The Labute approximate surface area is 205 Å². The number of Topliss-reactive ketones (excluding diaryl/α,β-unsaturated/α-hetero) is 1. The number of hydrogen-bond acceptors (Lipinski definition) is 1. The molecule has 3 aromatic rings. The van der Waals surface area contributed by atoms with E-state index < -0.39 is 11.7 Å². The van der Waals surface area contributed by atoms with E-state index in [1.165, 1.54) is 49.8 Å². The van der Waals surface area contributed by atoms with E-state index in [2.05, 4.69) is 102 Å². The Morgan fingerprint density at radius 1 is 0.735 bits per heavy atom. The first-order valence-corrected chi connectivity index (χ1v) is 12.4. The third-order valence-corrected chi connectivity index (χ3v) is 7.81. The van der Waals surface area contributed by atoms with Crippen LogP contribution in [0.1, 0.15) is 59.7 Å². The van der Waals surface area contributed by atoms with Crippen molar-refractivity contribution in [1.29, 1.82) is 0 Å². The Morgan fingerprint density at radius 3 is 1.56 bits per heavy atom. The molecule has 0 bridgehead atoms. The molecule has 0 aliphatic carbocycles. The number of carbonyl (C=O) groups is 1. The van der Waals surface area contributed by atoms with Crippen LogP contribution in [-0.4, -0.2) is 29.3 Å². The molecule has 0 radical (unpaired) electrons. The molecule has 0 saturated heterocycles. The van der Waals surface area contributed by atoms with E-state index in [1.807, 2.05) is 20.8 Å². The minimum atomic E-state index is -1.57. The molecule has 3 aromatic carbocycles. The molecular formula is C31H38BNO. The van der Waals surface area contributed by atoms with Crippen LogP contribution in [0.15, 0.2) is 48.5 Å². The molecule has 3 heteroatoms. The number of aryl methyl sites for hydroxylation is 6. The highest BCUT2D eigenvalue weighted by Crippen LogP contribution is 2.28. The van der Waals surface area contributed by atoms with Crippen molar-refractivity contribution in [1.82, 2.24) is 0 Å². The van der Waals surface area contributed by atoms with Crippen molar-refractivity contribution in [3.63, 3.8) is 0 Å². The number of benzene rings is 3. The third-order valence-electron chi connectivity index (χ3n) is 7.81. The normalized spacial score (nSPS) is 15.0. The van der Waals surface area contributed by atoms with Gasteiger partial charge in [-0.3, -0.25) is 4.79 Å². The Morgan fingerprint density at radius 2 is 1.15 bits per heavy atom. The number of ketones is 1. The zero-order chi connectivity index (χ0) is 25.2. The lowest BCUT2D eigenvalue weighted by atomic mass is 9.22. The summed E-state index contributed by atoms with van der Waals surface area (Å²) in [6, 6.07) is 17.8. The topological polar surface area (TPSA) is 20.1 Å². The number of fused-ring (bicyclic) bond motifs is 1. The Balaban J connectivity index is 2.30. The third kappa shape index (κ3) is 3.40. The van der Waals surface area contributed by atoms with Gasteiger partial charge in [0.15, 0.2) is 5.71 Å². The van der Waals surface area contributed by atoms with Gasteiger partial charge in [-0.15, -0.1) is 16.4 Å². The molecule has 176 valence electrons. The summed E-state index contributed by atoms with van der Waals surface area (Å²) in [7, 11) is 2.15. The highest BCUT2D eigenvalue weighted by Gasteiger charge is 2.54. The molecule has 0 unspecified atom stereocenters. The number of nitrogens with zero attached hydrogens (tertiary/aromatic N) is 1. The van der Waals surface area contributed by atoms with Gasteiger partial charge in [0.25, 0.3) is 0 Å². The second-order valence-electron chi connectivity index (χ2n) is 11.6. The fraction of sp³-hybridized carbons (Fsp3) is 0.355. The van der Waals surface area contributed by atoms with Crippen molar-refractivity contribution in [3.8, 4) is 0 Å². The van der Waals surface area contributed by atoms with Gasteiger partial charge in [-0.25, -0.2) is 0 Å². The maximum atomic E-state index is 14.0. The fourth-order valence-corrected chi connectivity index (χ4v) is 6.85. The molecule has 0 fully saturated rings. The van der Waals surface area contributed by atoms with Gasteiger partial charge in [-0.1, -0.05) is 103 Å². The van der Waals surface area contributed by atoms with Crippen LogP contribution >= 0.6 is 0 Å². The lowest BCUT2D eigenvalue weighted by Gasteiger charge is -2.40.